The van der Waals surface area contributed by atoms with Crippen LogP contribution in [0.25, 0.3) is 10.1 Å². The highest BCUT2D eigenvalue weighted by Gasteiger charge is 2.16. The van der Waals surface area contributed by atoms with Crippen LogP contribution in [-0.4, -0.2) is 19.1 Å². The van der Waals surface area contributed by atoms with Gasteiger partial charge in [-0.1, -0.05) is 41.9 Å². The summed E-state index contributed by atoms with van der Waals surface area (Å²) in [4.78, 5) is 12.8. The smallest absolute Gasteiger partial charge is 0.387 e. The van der Waals surface area contributed by atoms with Gasteiger partial charge >= 0.3 is 6.61 Å². The highest BCUT2D eigenvalue weighted by Crippen LogP contribution is 2.34. The summed E-state index contributed by atoms with van der Waals surface area (Å²) < 4.78 is 29.5. The van der Waals surface area contributed by atoms with E-state index in [2.05, 4.69) is 10.1 Å². The molecule has 7 heteroatoms. The van der Waals surface area contributed by atoms with Crippen LogP contribution >= 0.6 is 22.9 Å². The van der Waals surface area contributed by atoms with E-state index in [0.717, 1.165) is 15.6 Å². The van der Waals surface area contributed by atoms with E-state index in [1.807, 2.05) is 24.3 Å². The molecule has 130 valence electrons. The molecule has 1 heterocycles. The van der Waals surface area contributed by atoms with E-state index < -0.39 is 6.61 Å². The second kappa shape index (κ2) is 7.80. The third-order valence-corrected chi connectivity index (χ3v) is 5.26. The third kappa shape index (κ3) is 4.27. The average Bonchev–Trinajstić information content (AvgIpc) is 2.93. The first-order valence-corrected chi connectivity index (χ1v) is 8.73. The van der Waals surface area contributed by atoms with Gasteiger partial charge in [-0.3, -0.25) is 4.79 Å². The number of carbonyl (C=O) groups excluding carboxylic acids is 1. The van der Waals surface area contributed by atoms with Gasteiger partial charge in [-0.15, -0.1) is 11.3 Å². The van der Waals surface area contributed by atoms with Gasteiger partial charge in [0.1, 0.15) is 10.6 Å². The standard InChI is InChI=1S/C18H14ClF2NO2S/c19-15-13-3-1-2-4-14(13)25-16(15)17(23)22-10-9-11-5-7-12(8-6-11)24-18(20)21/h1-8,18H,9-10H2,(H,22,23). The first-order chi connectivity index (χ1) is 12.0. The number of nitrogens with one attached hydrogen (secondary N) is 1. The predicted molar refractivity (Wildman–Crippen MR) is 95.9 cm³/mol. The highest BCUT2D eigenvalue weighted by atomic mass is 35.5. The van der Waals surface area contributed by atoms with Crippen molar-refractivity contribution in [2.75, 3.05) is 6.54 Å². The molecule has 1 N–H and O–H groups in total. The molecule has 0 saturated carbocycles. The van der Waals surface area contributed by atoms with Gasteiger partial charge in [0.25, 0.3) is 5.91 Å². The number of benzene rings is 2. The number of hydrogen-bond donors (Lipinski definition) is 1. The van der Waals surface area contributed by atoms with Gasteiger partial charge < -0.3 is 10.1 Å². The molecule has 0 bridgehead atoms. The van der Waals surface area contributed by atoms with Crippen molar-refractivity contribution >= 4 is 38.9 Å². The lowest BCUT2D eigenvalue weighted by Gasteiger charge is -2.07. The Balaban J connectivity index is 1.58. The maximum absolute atomic E-state index is 12.3. The number of halogens is 3. The van der Waals surface area contributed by atoms with Crippen molar-refractivity contribution in [3.63, 3.8) is 0 Å². The topological polar surface area (TPSA) is 38.3 Å². The minimum Gasteiger partial charge on any atom is -0.435 e. The Morgan fingerprint density at radius 3 is 2.56 bits per heavy atom. The summed E-state index contributed by atoms with van der Waals surface area (Å²) in [5, 5.41) is 4.17. The van der Waals surface area contributed by atoms with E-state index in [-0.39, 0.29) is 11.7 Å². The van der Waals surface area contributed by atoms with Crippen LogP contribution in [0.2, 0.25) is 5.02 Å². The van der Waals surface area contributed by atoms with E-state index in [9.17, 15) is 13.6 Å². The van der Waals surface area contributed by atoms with Crippen LogP contribution in [0, 0.1) is 0 Å². The molecule has 1 amide bonds. The lowest BCUT2D eigenvalue weighted by molar-refractivity contribution is -0.0498. The number of fused-ring (bicyclic) bond motifs is 1. The zero-order valence-electron chi connectivity index (χ0n) is 13.0. The zero-order chi connectivity index (χ0) is 17.8. The molecule has 25 heavy (non-hydrogen) atoms. The molecule has 0 aliphatic heterocycles. The first kappa shape index (κ1) is 17.6. The first-order valence-electron chi connectivity index (χ1n) is 7.53. The van der Waals surface area contributed by atoms with E-state index in [1.165, 1.54) is 23.5 Å². The number of alkyl halides is 2. The van der Waals surface area contributed by atoms with Gasteiger partial charge in [-0.05, 0) is 30.2 Å². The van der Waals surface area contributed by atoms with Gasteiger partial charge in [0.05, 0.1) is 5.02 Å². The minimum absolute atomic E-state index is 0.111. The number of thiophene rings is 1. The lowest BCUT2D eigenvalue weighted by atomic mass is 10.1. The number of rotatable bonds is 6. The second-order valence-corrected chi connectivity index (χ2v) is 6.70. The molecule has 3 aromatic rings. The van der Waals surface area contributed by atoms with Crippen molar-refractivity contribution in [1.82, 2.24) is 5.32 Å². The number of carbonyl (C=O) groups is 1. The lowest BCUT2D eigenvalue weighted by Crippen LogP contribution is -2.25. The third-order valence-electron chi connectivity index (χ3n) is 3.59. The Kier molecular flexibility index (Phi) is 5.50. The molecule has 3 rings (SSSR count). The summed E-state index contributed by atoms with van der Waals surface area (Å²) in [6, 6.07) is 13.9. The van der Waals surface area contributed by atoms with Crippen LogP contribution in [0.4, 0.5) is 8.78 Å². The Bertz CT molecular complexity index is 880. The van der Waals surface area contributed by atoms with Crippen molar-refractivity contribution < 1.29 is 18.3 Å². The van der Waals surface area contributed by atoms with E-state index in [0.29, 0.717) is 22.9 Å². The SMILES string of the molecule is O=C(NCCc1ccc(OC(F)F)cc1)c1sc2ccccc2c1Cl. The molecule has 0 fully saturated rings. The van der Waals surface area contributed by atoms with Crippen molar-refractivity contribution in [2.45, 2.75) is 13.0 Å². The Morgan fingerprint density at radius 1 is 1.16 bits per heavy atom. The van der Waals surface area contributed by atoms with Gasteiger partial charge in [0.2, 0.25) is 0 Å². The van der Waals surface area contributed by atoms with Gasteiger partial charge in [0, 0.05) is 16.6 Å². The Labute approximate surface area is 152 Å². The second-order valence-electron chi connectivity index (χ2n) is 5.27. The number of amides is 1. The molecule has 0 saturated heterocycles. The van der Waals surface area contributed by atoms with Crippen LogP contribution in [-0.2, 0) is 6.42 Å². The summed E-state index contributed by atoms with van der Waals surface area (Å²) in [6.07, 6.45) is 0.573. The molecule has 1 aromatic heterocycles. The van der Waals surface area contributed by atoms with Crippen LogP contribution in [0.3, 0.4) is 0 Å². The quantitative estimate of drug-likeness (QED) is 0.643. The Morgan fingerprint density at radius 2 is 1.88 bits per heavy atom. The van der Waals surface area contributed by atoms with Gasteiger partial charge in [-0.2, -0.15) is 8.78 Å². The minimum atomic E-state index is -2.84. The molecular formula is C18H14ClF2NO2S. The van der Waals surface area contributed by atoms with E-state index >= 15 is 0 Å². The summed E-state index contributed by atoms with van der Waals surface area (Å²) in [5.41, 5.74) is 0.907. The van der Waals surface area contributed by atoms with Crippen molar-refractivity contribution in [3.05, 3.63) is 64.0 Å². The summed E-state index contributed by atoms with van der Waals surface area (Å²) in [5.74, 6) is -0.108. The molecule has 0 atom stereocenters. The monoisotopic (exact) mass is 381 g/mol. The van der Waals surface area contributed by atoms with Crippen molar-refractivity contribution in [1.29, 1.82) is 0 Å². The number of ether oxygens (including phenoxy) is 1. The molecule has 0 aliphatic rings. The fourth-order valence-corrected chi connectivity index (χ4v) is 3.83. The maximum Gasteiger partial charge on any atom is 0.387 e. The molecule has 0 spiro atoms. The molecule has 0 aliphatic carbocycles. The Hall–Kier alpha value is -2.18. The predicted octanol–water partition coefficient (Wildman–Crippen LogP) is 5.13. The summed E-state index contributed by atoms with van der Waals surface area (Å²) >= 11 is 7.64. The fourth-order valence-electron chi connectivity index (χ4n) is 2.40. The summed E-state index contributed by atoms with van der Waals surface area (Å²) in [7, 11) is 0. The largest absolute Gasteiger partial charge is 0.435 e. The van der Waals surface area contributed by atoms with Crippen molar-refractivity contribution in [3.8, 4) is 5.75 Å². The fraction of sp³-hybridized carbons (Fsp3) is 0.167. The highest BCUT2D eigenvalue weighted by molar-refractivity contribution is 7.21. The van der Waals surface area contributed by atoms with Crippen LogP contribution in [0.1, 0.15) is 15.2 Å². The van der Waals surface area contributed by atoms with Crippen LogP contribution in [0.15, 0.2) is 48.5 Å². The van der Waals surface area contributed by atoms with Gasteiger partial charge in [-0.25, -0.2) is 0 Å². The molecule has 3 nitrogen and oxygen atoms in total. The molecule has 0 radical (unpaired) electrons. The van der Waals surface area contributed by atoms with Crippen molar-refractivity contribution in [2.24, 2.45) is 0 Å². The molecule has 0 unspecified atom stereocenters. The zero-order valence-corrected chi connectivity index (χ0v) is 14.5. The van der Waals surface area contributed by atoms with E-state index in [4.69, 9.17) is 11.6 Å². The maximum atomic E-state index is 12.3. The number of hydrogen-bond acceptors (Lipinski definition) is 3. The van der Waals surface area contributed by atoms with Gasteiger partial charge in [0.15, 0.2) is 0 Å². The summed E-state index contributed by atoms with van der Waals surface area (Å²) in [6.45, 7) is -2.42. The molecular weight excluding hydrogens is 368 g/mol. The molecule has 2 aromatic carbocycles. The van der Waals surface area contributed by atoms with Crippen LogP contribution in [0.5, 0.6) is 5.75 Å². The van der Waals surface area contributed by atoms with Crippen LogP contribution < -0.4 is 10.1 Å². The normalized spacial score (nSPS) is 11.0. The average molecular weight is 382 g/mol. The van der Waals surface area contributed by atoms with E-state index in [1.54, 1.807) is 12.1 Å².